The van der Waals surface area contributed by atoms with Gasteiger partial charge in [0.1, 0.15) is 5.75 Å². The first-order valence-corrected chi connectivity index (χ1v) is 8.42. The molecule has 0 saturated carbocycles. The molecule has 2 heteroatoms. The zero-order valence-electron chi connectivity index (χ0n) is 13.9. The van der Waals surface area contributed by atoms with Crippen LogP contribution in [0.4, 0.5) is 0 Å². The summed E-state index contributed by atoms with van der Waals surface area (Å²) in [5.74, 6) is 0.872. The van der Waals surface area contributed by atoms with Gasteiger partial charge in [0, 0.05) is 16.3 Å². The van der Waals surface area contributed by atoms with Crippen LogP contribution in [0.15, 0.2) is 78.9 Å². The summed E-state index contributed by atoms with van der Waals surface area (Å²) < 4.78 is 5.57. The molecule has 25 heavy (non-hydrogen) atoms. The summed E-state index contributed by atoms with van der Waals surface area (Å²) >= 11 is 0. The van der Waals surface area contributed by atoms with Crippen LogP contribution >= 0.6 is 0 Å². The van der Waals surface area contributed by atoms with Gasteiger partial charge in [-0.25, -0.2) is 0 Å². The van der Waals surface area contributed by atoms with Crippen LogP contribution in [0.5, 0.6) is 5.75 Å². The number of benzene rings is 4. The van der Waals surface area contributed by atoms with E-state index in [4.69, 9.17) is 4.74 Å². The summed E-state index contributed by atoms with van der Waals surface area (Å²) in [4.78, 5) is 3.63. The van der Waals surface area contributed by atoms with E-state index in [0.29, 0.717) is 0 Å². The van der Waals surface area contributed by atoms with Crippen molar-refractivity contribution < 1.29 is 4.74 Å². The van der Waals surface area contributed by atoms with E-state index in [9.17, 15) is 0 Å². The Labute approximate surface area is 145 Å². The third kappa shape index (κ3) is 2.04. The van der Waals surface area contributed by atoms with E-state index < -0.39 is 0 Å². The molecule has 0 unspecified atom stereocenters. The maximum atomic E-state index is 5.57. The van der Waals surface area contributed by atoms with E-state index in [1.54, 1.807) is 7.11 Å². The Morgan fingerprint density at radius 2 is 1.44 bits per heavy atom. The van der Waals surface area contributed by atoms with Crippen LogP contribution in [0.1, 0.15) is 0 Å². The number of fused-ring (bicyclic) bond motifs is 4. The fraction of sp³-hybridized carbons (Fsp3) is 0.0435. The Morgan fingerprint density at radius 3 is 2.28 bits per heavy atom. The molecule has 5 aromatic rings. The highest BCUT2D eigenvalue weighted by molar-refractivity contribution is 6.20. The molecule has 0 radical (unpaired) electrons. The molecule has 4 aromatic carbocycles. The molecule has 0 saturated heterocycles. The Hall–Kier alpha value is -3.26. The predicted molar refractivity (Wildman–Crippen MR) is 105 cm³/mol. The third-order valence-electron chi connectivity index (χ3n) is 4.90. The third-order valence-corrected chi connectivity index (χ3v) is 4.90. The molecule has 0 aliphatic carbocycles. The van der Waals surface area contributed by atoms with Crippen molar-refractivity contribution >= 4 is 32.6 Å². The Kier molecular flexibility index (Phi) is 3.04. The zero-order valence-corrected chi connectivity index (χ0v) is 13.9. The van der Waals surface area contributed by atoms with Crippen LogP contribution in [0, 0.1) is 0 Å². The molecule has 5 rings (SSSR count). The molecule has 0 atom stereocenters. The quantitative estimate of drug-likeness (QED) is 0.414. The number of rotatable bonds is 2. The molecule has 120 valence electrons. The molecule has 0 spiro atoms. The van der Waals surface area contributed by atoms with Crippen molar-refractivity contribution in [2.75, 3.05) is 7.11 Å². The molecular formula is C23H17NO. The molecule has 1 heterocycles. The first kappa shape index (κ1) is 14.1. The van der Waals surface area contributed by atoms with Crippen LogP contribution in [-0.2, 0) is 0 Å². The number of hydrogen-bond donors (Lipinski definition) is 1. The predicted octanol–water partition coefficient (Wildman–Crippen LogP) is 6.15. The van der Waals surface area contributed by atoms with Crippen LogP contribution in [-0.4, -0.2) is 12.1 Å². The average Bonchev–Trinajstić information content (AvgIpc) is 3.05. The Balaban J connectivity index is 2.04. The van der Waals surface area contributed by atoms with Crippen LogP contribution in [0.2, 0.25) is 0 Å². The number of para-hydroxylation sites is 1. The van der Waals surface area contributed by atoms with Crippen molar-refractivity contribution in [3.05, 3.63) is 78.9 Å². The van der Waals surface area contributed by atoms with Crippen molar-refractivity contribution in [3.8, 4) is 16.9 Å². The van der Waals surface area contributed by atoms with Gasteiger partial charge in [0.25, 0.3) is 0 Å². The van der Waals surface area contributed by atoms with Crippen molar-refractivity contribution in [2.24, 2.45) is 0 Å². The summed E-state index contributed by atoms with van der Waals surface area (Å²) in [6.07, 6.45) is 0. The molecule has 0 bridgehead atoms. The lowest BCUT2D eigenvalue weighted by Crippen LogP contribution is -1.84. The van der Waals surface area contributed by atoms with E-state index in [1.165, 1.54) is 32.7 Å². The maximum absolute atomic E-state index is 5.57. The van der Waals surface area contributed by atoms with Gasteiger partial charge >= 0.3 is 0 Å². The highest BCUT2D eigenvalue weighted by Crippen LogP contribution is 2.40. The fourth-order valence-corrected chi connectivity index (χ4v) is 3.77. The topological polar surface area (TPSA) is 25.0 Å². The van der Waals surface area contributed by atoms with Gasteiger partial charge in [0.2, 0.25) is 0 Å². The highest BCUT2D eigenvalue weighted by Gasteiger charge is 2.15. The minimum Gasteiger partial charge on any atom is -0.495 e. The van der Waals surface area contributed by atoms with E-state index in [2.05, 4.69) is 71.7 Å². The number of aromatic nitrogens is 1. The molecule has 0 aliphatic rings. The smallest absolute Gasteiger partial charge is 0.142 e. The van der Waals surface area contributed by atoms with Crippen LogP contribution in [0.25, 0.3) is 43.7 Å². The van der Waals surface area contributed by atoms with Gasteiger partial charge in [-0.15, -0.1) is 0 Å². The lowest BCUT2D eigenvalue weighted by molar-refractivity contribution is 0.419. The molecule has 1 N–H and O–H groups in total. The van der Waals surface area contributed by atoms with Crippen molar-refractivity contribution in [1.82, 2.24) is 4.98 Å². The lowest BCUT2D eigenvalue weighted by atomic mass is 9.95. The molecule has 0 amide bonds. The molecule has 2 nitrogen and oxygen atoms in total. The fourth-order valence-electron chi connectivity index (χ4n) is 3.77. The van der Waals surface area contributed by atoms with Gasteiger partial charge in [0.15, 0.2) is 0 Å². The van der Waals surface area contributed by atoms with Gasteiger partial charge in [-0.3, -0.25) is 0 Å². The van der Waals surface area contributed by atoms with Gasteiger partial charge < -0.3 is 9.72 Å². The number of nitrogens with one attached hydrogen (secondary N) is 1. The summed E-state index contributed by atoms with van der Waals surface area (Å²) in [5, 5.41) is 4.92. The van der Waals surface area contributed by atoms with Crippen molar-refractivity contribution in [1.29, 1.82) is 0 Å². The van der Waals surface area contributed by atoms with Gasteiger partial charge in [0.05, 0.1) is 18.1 Å². The summed E-state index contributed by atoms with van der Waals surface area (Å²) in [6.45, 7) is 0. The lowest BCUT2D eigenvalue weighted by Gasteiger charge is -2.09. The number of H-pyrrole nitrogens is 1. The number of aromatic amines is 1. The summed E-state index contributed by atoms with van der Waals surface area (Å²) in [6, 6.07) is 27.6. The Morgan fingerprint density at radius 1 is 0.680 bits per heavy atom. The minimum atomic E-state index is 0.872. The summed E-state index contributed by atoms with van der Waals surface area (Å²) in [5.41, 5.74) is 4.67. The number of methoxy groups -OCH3 is 1. The van der Waals surface area contributed by atoms with Crippen molar-refractivity contribution in [2.45, 2.75) is 0 Å². The van der Waals surface area contributed by atoms with Gasteiger partial charge in [-0.2, -0.15) is 0 Å². The molecule has 1 aromatic heterocycles. The number of hydrogen-bond acceptors (Lipinski definition) is 1. The average molecular weight is 323 g/mol. The van der Waals surface area contributed by atoms with E-state index in [1.807, 2.05) is 12.1 Å². The van der Waals surface area contributed by atoms with Crippen molar-refractivity contribution in [3.63, 3.8) is 0 Å². The highest BCUT2D eigenvalue weighted by atomic mass is 16.5. The SMILES string of the molecule is COc1cccc2c1[nH]c1c(-c3ccccc3)c3ccccc3cc12. The van der Waals surface area contributed by atoms with E-state index in [0.717, 1.165) is 16.8 Å². The second-order valence-electron chi connectivity index (χ2n) is 6.27. The maximum Gasteiger partial charge on any atom is 0.142 e. The van der Waals surface area contributed by atoms with Gasteiger partial charge in [-0.05, 0) is 28.5 Å². The largest absolute Gasteiger partial charge is 0.495 e. The molecule has 0 fully saturated rings. The van der Waals surface area contributed by atoms with E-state index in [-0.39, 0.29) is 0 Å². The second kappa shape index (κ2) is 5.38. The van der Waals surface area contributed by atoms with E-state index >= 15 is 0 Å². The standard InChI is InChI=1S/C23H17NO/c1-25-20-13-7-12-18-19-14-16-10-5-6-11-17(16)21(23(19)24-22(18)20)15-8-3-2-4-9-15/h2-14,24H,1H3. The van der Waals surface area contributed by atoms with Crippen LogP contribution in [0.3, 0.4) is 0 Å². The molecule has 0 aliphatic heterocycles. The zero-order chi connectivity index (χ0) is 16.8. The monoisotopic (exact) mass is 323 g/mol. The normalized spacial score (nSPS) is 11.4. The summed E-state index contributed by atoms with van der Waals surface area (Å²) in [7, 11) is 1.72. The van der Waals surface area contributed by atoms with Gasteiger partial charge in [-0.1, -0.05) is 66.7 Å². The minimum absolute atomic E-state index is 0.872. The number of ether oxygens (including phenoxy) is 1. The Bertz CT molecular complexity index is 1220. The molecular weight excluding hydrogens is 306 g/mol. The second-order valence-corrected chi connectivity index (χ2v) is 6.27. The first-order chi connectivity index (χ1) is 12.4. The first-order valence-electron chi connectivity index (χ1n) is 8.42. The van der Waals surface area contributed by atoms with Crippen LogP contribution < -0.4 is 4.74 Å².